The van der Waals surface area contributed by atoms with Crippen molar-refractivity contribution in [1.82, 2.24) is 4.98 Å². The molecule has 98 valence electrons. The van der Waals surface area contributed by atoms with Gasteiger partial charge in [-0.2, -0.15) is 0 Å². The first-order valence-electron chi connectivity index (χ1n) is 6.98. The summed E-state index contributed by atoms with van der Waals surface area (Å²) in [5, 5.41) is 11.5. The molecule has 0 amide bonds. The highest BCUT2D eigenvalue weighted by atomic mass is 16.3. The van der Waals surface area contributed by atoms with E-state index in [9.17, 15) is 5.11 Å². The van der Waals surface area contributed by atoms with Crippen LogP contribution in [0.4, 0.5) is 0 Å². The highest BCUT2D eigenvalue weighted by molar-refractivity contribution is 5.29. The Hall–Kier alpha value is -0.890. The van der Waals surface area contributed by atoms with Crippen LogP contribution in [0.25, 0.3) is 0 Å². The molecule has 1 heterocycles. The zero-order valence-corrected chi connectivity index (χ0v) is 11.8. The minimum absolute atomic E-state index is 0.0119. The monoisotopic (exact) mass is 245 g/mol. The number of rotatable bonds is 1. The van der Waals surface area contributed by atoms with Crippen molar-refractivity contribution < 1.29 is 5.11 Å². The maximum absolute atomic E-state index is 11.5. The van der Waals surface area contributed by atoms with Crippen molar-refractivity contribution in [1.29, 1.82) is 0 Å². The van der Waals surface area contributed by atoms with E-state index in [1.165, 1.54) is 6.42 Å². The molecule has 0 aromatic carbocycles. The van der Waals surface area contributed by atoms with Gasteiger partial charge in [0, 0.05) is 16.5 Å². The Bertz CT molecular complexity index is 489. The van der Waals surface area contributed by atoms with Gasteiger partial charge in [-0.1, -0.05) is 26.8 Å². The highest BCUT2D eigenvalue weighted by Crippen LogP contribution is 2.71. The Morgan fingerprint density at radius 2 is 2.00 bits per heavy atom. The number of aromatic nitrogens is 1. The minimum Gasteiger partial charge on any atom is -0.382 e. The first kappa shape index (κ1) is 12.2. The number of pyridine rings is 1. The summed E-state index contributed by atoms with van der Waals surface area (Å²) in [4.78, 5) is 4.64. The van der Waals surface area contributed by atoms with Gasteiger partial charge in [-0.3, -0.25) is 4.98 Å². The van der Waals surface area contributed by atoms with Crippen LogP contribution in [0.15, 0.2) is 18.2 Å². The van der Waals surface area contributed by atoms with Gasteiger partial charge in [0.2, 0.25) is 0 Å². The molecule has 0 aliphatic heterocycles. The van der Waals surface area contributed by atoms with E-state index in [0.717, 1.165) is 24.2 Å². The average molecular weight is 245 g/mol. The average Bonchev–Trinajstić information content (AvgIpc) is 2.77. The van der Waals surface area contributed by atoms with Crippen LogP contribution < -0.4 is 0 Å². The standard InChI is InChI=1S/C16H23NO/c1-11-6-5-7-13(17-11)16(18)14(2,3)12-8-9-15(16,4)10-12/h5-7,12,18H,8-10H2,1-4H3. The normalized spacial score (nSPS) is 41.3. The molecule has 1 N–H and O–H groups in total. The summed E-state index contributed by atoms with van der Waals surface area (Å²) in [5.74, 6) is 0.620. The number of hydrogen-bond acceptors (Lipinski definition) is 2. The SMILES string of the molecule is Cc1cccc(C2(O)C3(C)CCC(C3)C2(C)C)n1. The molecule has 0 saturated heterocycles. The summed E-state index contributed by atoms with van der Waals surface area (Å²) in [5.41, 5.74) is 0.984. The molecule has 2 aliphatic carbocycles. The fourth-order valence-corrected chi connectivity index (χ4v) is 4.64. The van der Waals surface area contributed by atoms with E-state index in [2.05, 4.69) is 25.8 Å². The number of hydrogen-bond donors (Lipinski definition) is 1. The predicted octanol–water partition coefficient (Wildman–Crippen LogP) is 3.42. The molecular formula is C16H23NO. The van der Waals surface area contributed by atoms with E-state index in [1.54, 1.807) is 0 Å². The van der Waals surface area contributed by atoms with Crippen LogP contribution >= 0.6 is 0 Å². The fourth-order valence-electron chi connectivity index (χ4n) is 4.64. The minimum atomic E-state index is -0.783. The van der Waals surface area contributed by atoms with Crippen molar-refractivity contribution in [2.45, 2.75) is 52.6 Å². The lowest BCUT2D eigenvalue weighted by molar-refractivity contribution is -0.153. The maximum Gasteiger partial charge on any atom is 0.117 e. The van der Waals surface area contributed by atoms with Gasteiger partial charge in [-0.25, -0.2) is 0 Å². The summed E-state index contributed by atoms with van der Waals surface area (Å²) >= 11 is 0. The highest BCUT2D eigenvalue weighted by Gasteiger charge is 2.69. The van der Waals surface area contributed by atoms with E-state index in [4.69, 9.17) is 0 Å². The van der Waals surface area contributed by atoms with Gasteiger partial charge in [-0.05, 0) is 44.2 Å². The van der Waals surface area contributed by atoms with Gasteiger partial charge in [0.05, 0.1) is 5.69 Å². The summed E-state index contributed by atoms with van der Waals surface area (Å²) in [6, 6.07) is 6.01. The molecule has 2 bridgehead atoms. The number of nitrogens with zero attached hydrogens (tertiary/aromatic N) is 1. The van der Waals surface area contributed by atoms with Crippen LogP contribution in [0, 0.1) is 23.7 Å². The molecule has 2 fully saturated rings. The third-order valence-corrected chi connectivity index (χ3v) is 5.83. The number of aliphatic hydroxyl groups is 1. The first-order chi connectivity index (χ1) is 8.31. The van der Waals surface area contributed by atoms with Gasteiger partial charge in [0.15, 0.2) is 0 Å². The Balaban J connectivity index is 2.19. The molecule has 0 spiro atoms. The molecular weight excluding hydrogens is 222 g/mol. The van der Waals surface area contributed by atoms with E-state index in [0.29, 0.717) is 5.92 Å². The van der Waals surface area contributed by atoms with E-state index in [-0.39, 0.29) is 10.8 Å². The quantitative estimate of drug-likeness (QED) is 0.822. The molecule has 2 saturated carbocycles. The lowest BCUT2D eigenvalue weighted by Crippen LogP contribution is -2.51. The zero-order valence-electron chi connectivity index (χ0n) is 11.8. The molecule has 2 aliphatic rings. The van der Waals surface area contributed by atoms with Crippen molar-refractivity contribution in [3.8, 4) is 0 Å². The molecule has 3 rings (SSSR count). The van der Waals surface area contributed by atoms with Crippen molar-refractivity contribution >= 4 is 0 Å². The molecule has 1 aromatic rings. The summed E-state index contributed by atoms with van der Waals surface area (Å²) < 4.78 is 0. The maximum atomic E-state index is 11.5. The second-order valence-electron chi connectivity index (χ2n) is 7.10. The molecule has 0 radical (unpaired) electrons. The Kier molecular flexibility index (Phi) is 2.27. The Morgan fingerprint density at radius 1 is 1.28 bits per heavy atom. The summed E-state index contributed by atoms with van der Waals surface area (Å²) in [6.45, 7) is 8.67. The van der Waals surface area contributed by atoms with Gasteiger partial charge in [0.1, 0.15) is 5.60 Å². The van der Waals surface area contributed by atoms with E-state index in [1.807, 2.05) is 25.1 Å². The van der Waals surface area contributed by atoms with E-state index < -0.39 is 5.60 Å². The zero-order chi connectivity index (χ0) is 13.2. The Morgan fingerprint density at radius 3 is 2.56 bits per heavy atom. The van der Waals surface area contributed by atoms with E-state index >= 15 is 0 Å². The van der Waals surface area contributed by atoms with Crippen LogP contribution in [0.1, 0.15) is 51.4 Å². The van der Waals surface area contributed by atoms with Gasteiger partial charge >= 0.3 is 0 Å². The summed E-state index contributed by atoms with van der Waals surface area (Å²) in [7, 11) is 0. The number of fused-ring (bicyclic) bond motifs is 2. The molecule has 18 heavy (non-hydrogen) atoms. The van der Waals surface area contributed by atoms with Crippen molar-refractivity contribution in [2.24, 2.45) is 16.7 Å². The second-order valence-corrected chi connectivity index (χ2v) is 7.10. The van der Waals surface area contributed by atoms with Crippen LogP contribution in [0.3, 0.4) is 0 Å². The van der Waals surface area contributed by atoms with Crippen molar-refractivity contribution in [3.05, 3.63) is 29.6 Å². The lowest BCUT2D eigenvalue weighted by Gasteiger charge is -2.50. The molecule has 3 atom stereocenters. The van der Waals surface area contributed by atoms with Gasteiger partial charge < -0.3 is 5.11 Å². The Labute approximate surface area is 109 Å². The topological polar surface area (TPSA) is 33.1 Å². The molecule has 3 unspecified atom stereocenters. The van der Waals surface area contributed by atoms with Gasteiger partial charge in [0.25, 0.3) is 0 Å². The third-order valence-electron chi connectivity index (χ3n) is 5.83. The van der Waals surface area contributed by atoms with Crippen molar-refractivity contribution in [3.63, 3.8) is 0 Å². The van der Waals surface area contributed by atoms with Crippen LogP contribution in [-0.4, -0.2) is 10.1 Å². The molecule has 2 heteroatoms. The largest absolute Gasteiger partial charge is 0.382 e. The lowest BCUT2D eigenvalue weighted by atomic mass is 9.59. The second kappa shape index (κ2) is 3.36. The third kappa shape index (κ3) is 1.20. The fraction of sp³-hybridized carbons (Fsp3) is 0.688. The van der Waals surface area contributed by atoms with Gasteiger partial charge in [-0.15, -0.1) is 0 Å². The summed E-state index contributed by atoms with van der Waals surface area (Å²) in [6.07, 6.45) is 3.50. The first-order valence-corrected chi connectivity index (χ1v) is 6.98. The smallest absolute Gasteiger partial charge is 0.117 e. The van der Waals surface area contributed by atoms with Crippen LogP contribution in [0.2, 0.25) is 0 Å². The molecule has 1 aromatic heterocycles. The predicted molar refractivity (Wildman–Crippen MR) is 72.1 cm³/mol. The number of aryl methyl sites for hydroxylation is 1. The van der Waals surface area contributed by atoms with Crippen LogP contribution in [0.5, 0.6) is 0 Å². The van der Waals surface area contributed by atoms with Crippen molar-refractivity contribution in [2.75, 3.05) is 0 Å². The molecule has 2 nitrogen and oxygen atoms in total. The van der Waals surface area contributed by atoms with Crippen LogP contribution in [-0.2, 0) is 5.60 Å².